The van der Waals surface area contributed by atoms with Crippen molar-refractivity contribution in [2.24, 2.45) is 5.92 Å². The first kappa shape index (κ1) is 32.9. The number of hydrogen-bond donors (Lipinski definition) is 3. The number of aryl methyl sites for hydroxylation is 1. The summed E-state index contributed by atoms with van der Waals surface area (Å²) in [5.74, 6) is -0.473. The second-order valence-electron chi connectivity index (χ2n) is 14.2. The Morgan fingerprint density at radius 3 is 2.68 bits per heavy atom. The number of amides is 1. The molecule has 5 aromatic rings. The number of benzene rings is 2. The fourth-order valence-corrected chi connectivity index (χ4v) is 8.76. The summed E-state index contributed by atoms with van der Waals surface area (Å²) in [6.07, 6.45) is 3.81. The lowest BCUT2D eigenvalue weighted by atomic mass is 9.79. The van der Waals surface area contributed by atoms with Crippen LogP contribution in [0.1, 0.15) is 68.6 Å². The molecule has 0 radical (unpaired) electrons. The van der Waals surface area contributed by atoms with E-state index in [0.29, 0.717) is 40.0 Å². The topological polar surface area (TPSA) is 127 Å². The largest absolute Gasteiger partial charge is 0.465 e. The summed E-state index contributed by atoms with van der Waals surface area (Å²) >= 11 is 13.1. The molecule has 3 N–H and O–H groups in total. The molecular weight excluding hydrogens is 678 g/mol. The van der Waals surface area contributed by atoms with Crippen molar-refractivity contribution in [2.75, 3.05) is 13.1 Å². The van der Waals surface area contributed by atoms with Crippen molar-refractivity contribution < 1.29 is 19.4 Å². The molecule has 256 valence electrons. The molecule has 1 unspecified atom stereocenters. The van der Waals surface area contributed by atoms with E-state index in [2.05, 4.69) is 27.0 Å². The Morgan fingerprint density at radius 1 is 1.20 bits per heavy atom. The maximum absolute atomic E-state index is 17.5. The minimum absolute atomic E-state index is 0.0201. The van der Waals surface area contributed by atoms with Gasteiger partial charge in [0.05, 0.1) is 45.1 Å². The molecular formula is C38H35Cl2FN6O3. The number of carbonyl (C=O) groups is 1. The molecule has 3 saturated heterocycles. The first-order valence-corrected chi connectivity index (χ1v) is 17.7. The standard InChI is InChI=1S/C38H35Cl2FN6O3/c1-38(2,50)29-11-10-20(17-44-29)33-24-16-27(26-9-5-13-43-26)47(35-21-15-28(35)46(18-21)37(48)49)36(24)23-14-19(6-4-12-42)30(32(41)34(23)45-33)22-7-3-8-25(39)31(22)40/h3,7-8,10-11,14,16-17,21,26,28,35,43,50H,4-6,9,13,15,18H2,1-2H3,(H,48,49)/t21-,26?,28-,35+/m1/s1. The zero-order valence-corrected chi connectivity index (χ0v) is 29.1. The van der Waals surface area contributed by atoms with Crippen LogP contribution in [0.2, 0.25) is 10.0 Å². The van der Waals surface area contributed by atoms with Gasteiger partial charge in [-0.05, 0) is 82.0 Å². The minimum atomic E-state index is -1.16. The minimum Gasteiger partial charge on any atom is -0.465 e. The number of rotatable bonds is 7. The lowest BCUT2D eigenvalue weighted by Crippen LogP contribution is -2.43. The number of aromatic nitrogens is 3. The van der Waals surface area contributed by atoms with E-state index in [1.54, 1.807) is 44.3 Å². The van der Waals surface area contributed by atoms with E-state index < -0.39 is 17.5 Å². The number of nitriles is 1. The summed E-state index contributed by atoms with van der Waals surface area (Å²) in [7, 11) is 0. The predicted octanol–water partition coefficient (Wildman–Crippen LogP) is 8.40. The molecule has 0 spiro atoms. The van der Waals surface area contributed by atoms with Gasteiger partial charge in [-0.3, -0.25) is 4.98 Å². The van der Waals surface area contributed by atoms with Crippen LogP contribution in [0.3, 0.4) is 0 Å². The highest BCUT2D eigenvalue weighted by Crippen LogP contribution is 2.54. The average molecular weight is 714 g/mol. The van der Waals surface area contributed by atoms with E-state index >= 15 is 4.39 Å². The van der Waals surface area contributed by atoms with Crippen molar-refractivity contribution in [3.05, 3.63) is 81.5 Å². The average Bonchev–Trinajstić information content (AvgIpc) is 3.89. The summed E-state index contributed by atoms with van der Waals surface area (Å²) in [6.45, 7) is 4.63. The number of halogens is 3. The van der Waals surface area contributed by atoms with Gasteiger partial charge in [0.1, 0.15) is 11.1 Å². The van der Waals surface area contributed by atoms with Gasteiger partial charge in [-0.25, -0.2) is 14.2 Å². The zero-order valence-electron chi connectivity index (χ0n) is 27.6. The molecule has 4 atom stereocenters. The second kappa shape index (κ2) is 12.2. The Morgan fingerprint density at radius 2 is 2.02 bits per heavy atom. The van der Waals surface area contributed by atoms with Gasteiger partial charge in [0.25, 0.3) is 0 Å². The van der Waals surface area contributed by atoms with Crippen LogP contribution < -0.4 is 5.32 Å². The van der Waals surface area contributed by atoms with E-state index in [9.17, 15) is 20.3 Å². The molecule has 4 fully saturated rings. The van der Waals surface area contributed by atoms with Crippen molar-refractivity contribution >= 4 is 51.1 Å². The Balaban J connectivity index is 1.48. The van der Waals surface area contributed by atoms with Crippen LogP contribution in [-0.4, -0.2) is 54.9 Å². The van der Waals surface area contributed by atoms with Gasteiger partial charge in [0, 0.05) is 64.3 Å². The molecule has 2 aromatic carbocycles. The first-order valence-electron chi connectivity index (χ1n) is 16.9. The summed E-state index contributed by atoms with van der Waals surface area (Å²) in [5, 5.41) is 35.8. The third-order valence-electron chi connectivity index (χ3n) is 10.7. The first-order chi connectivity index (χ1) is 24.0. The van der Waals surface area contributed by atoms with Gasteiger partial charge in [0.15, 0.2) is 5.82 Å². The normalized spacial score (nSPS) is 21.6. The van der Waals surface area contributed by atoms with Crippen molar-refractivity contribution in [3.63, 3.8) is 0 Å². The molecule has 9 rings (SSSR count). The fourth-order valence-electron chi connectivity index (χ4n) is 8.37. The van der Waals surface area contributed by atoms with Crippen LogP contribution in [0.25, 0.3) is 44.2 Å². The summed E-state index contributed by atoms with van der Waals surface area (Å²) in [5.41, 5.74) is 3.65. The molecule has 1 aliphatic carbocycles. The SMILES string of the molecule is CC(C)(O)c1ccc(-c2nc3c(F)c(-c4cccc(Cl)c4Cl)c(CCC#N)cc3c3c2cc(C2CCCN2)n3[C@H]2[C@@H]3C[C@H]2N(C(=O)O)C3)cn1. The van der Waals surface area contributed by atoms with Crippen molar-refractivity contribution in [2.45, 2.75) is 69.7 Å². The third-order valence-corrected chi connectivity index (χ3v) is 11.5. The van der Waals surface area contributed by atoms with Crippen LogP contribution in [-0.2, 0) is 12.0 Å². The Bertz CT molecular complexity index is 2240. The van der Waals surface area contributed by atoms with Gasteiger partial charge < -0.3 is 25.0 Å². The Kier molecular flexibility index (Phi) is 8.03. The Hall–Kier alpha value is -4.27. The maximum Gasteiger partial charge on any atom is 0.407 e. The highest BCUT2D eigenvalue weighted by atomic mass is 35.5. The van der Waals surface area contributed by atoms with E-state index in [-0.39, 0.29) is 58.0 Å². The molecule has 50 heavy (non-hydrogen) atoms. The molecule has 6 heterocycles. The van der Waals surface area contributed by atoms with Crippen LogP contribution in [0, 0.1) is 23.1 Å². The highest BCUT2D eigenvalue weighted by molar-refractivity contribution is 6.43. The van der Waals surface area contributed by atoms with E-state index in [1.807, 2.05) is 12.1 Å². The maximum atomic E-state index is 17.5. The Labute approximate surface area is 298 Å². The number of hydrogen-bond acceptors (Lipinski definition) is 6. The van der Waals surface area contributed by atoms with Gasteiger partial charge in [-0.15, -0.1) is 0 Å². The van der Waals surface area contributed by atoms with Gasteiger partial charge in [0.2, 0.25) is 0 Å². The lowest BCUT2D eigenvalue weighted by Gasteiger charge is -2.39. The van der Waals surface area contributed by atoms with Crippen LogP contribution in [0.4, 0.5) is 9.18 Å². The van der Waals surface area contributed by atoms with E-state index in [1.165, 1.54) is 4.90 Å². The lowest BCUT2D eigenvalue weighted by molar-refractivity contribution is 0.0739. The van der Waals surface area contributed by atoms with Crippen LogP contribution in [0.15, 0.2) is 48.7 Å². The molecule has 1 saturated carbocycles. The fraction of sp³-hybridized carbons (Fsp3) is 0.368. The summed E-state index contributed by atoms with van der Waals surface area (Å²) < 4.78 is 19.7. The number of nitrogens with one attached hydrogen (secondary N) is 1. The van der Waals surface area contributed by atoms with Crippen molar-refractivity contribution in [1.82, 2.24) is 24.8 Å². The molecule has 12 heteroatoms. The predicted molar refractivity (Wildman–Crippen MR) is 191 cm³/mol. The number of carboxylic acid groups (broad SMARTS) is 1. The summed E-state index contributed by atoms with van der Waals surface area (Å²) in [4.78, 5) is 23.4. The monoisotopic (exact) mass is 712 g/mol. The van der Waals surface area contributed by atoms with Crippen molar-refractivity contribution in [3.8, 4) is 28.5 Å². The quantitative estimate of drug-likeness (QED) is 0.155. The second-order valence-corrected chi connectivity index (χ2v) is 15.0. The molecule has 1 amide bonds. The summed E-state index contributed by atoms with van der Waals surface area (Å²) in [6, 6.07) is 14.6. The van der Waals surface area contributed by atoms with Gasteiger partial charge >= 0.3 is 6.09 Å². The molecule has 9 nitrogen and oxygen atoms in total. The molecule has 4 aliphatic rings. The van der Waals surface area contributed by atoms with E-state index in [0.717, 1.165) is 42.4 Å². The van der Waals surface area contributed by atoms with Gasteiger partial charge in [-0.2, -0.15) is 5.26 Å². The molecule has 2 bridgehead atoms. The van der Waals surface area contributed by atoms with E-state index in [4.69, 9.17) is 28.2 Å². The van der Waals surface area contributed by atoms with Gasteiger partial charge in [-0.1, -0.05) is 35.3 Å². The number of aliphatic hydroxyl groups is 1. The smallest absolute Gasteiger partial charge is 0.407 e. The zero-order chi connectivity index (χ0) is 35.1. The third kappa shape index (κ3) is 5.13. The molecule has 3 aromatic heterocycles. The highest BCUT2D eigenvalue weighted by Gasteiger charge is 2.56. The number of fused-ring (bicyclic) bond motifs is 4. The van der Waals surface area contributed by atoms with Crippen LogP contribution >= 0.6 is 23.2 Å². The molecule has 3 aliphatic heterocycles. The van der Waals surface area contributed by atoms with Crippen LogP contribution in [0.5, 0.6) is 0 Å². The number of nitrogens with zero attached hydrogens (tertiary/aromatic N) is 5. The number of pyridine rings is 2. The van der Waals surface area contributed by atoms with Crippen molar-refractivity contribution in [1.29, 1.82) is 5.26 Å².